The number of aromatic amines is 1. The number of amides is 1. The molecule has 6 heteroatoms. The van der Waals surface area contributed by atoms with Crippen molar-refractivity contribution in [2.75, 3.05) is 6.54 Å². The van der Waals surface area contributed by atoms with Gasteiger partial charge in [-0.15, -0.1) is 22.7 Å². The molecule has 4 heterocycles. The second-order valence-corrected chi connectivity index (χ2v) is 9.08. The van der Waals surface area contributed by atoms with Crippen molar-refractivity contribution >= 4 is 51.1 Å². The van der Waals surface area contributed by atoms with E-state index in [1.54, 1.807) is 22.7 Å². The molecule has 1 atom stereocenters. The molecule has 1 N–H and O–H groups in total. The second kappa shape index (κ2) is 6.27. The summed E-state index contributed by atoms with van der Waals surface area (Å²) in [5.41, 5.74) is 3.11. The van der Waals surface area contributed by atoms with Crippen molar-refractivity contribution in [3.8, 4) is 0 Å². The highest BCUT2D eigenvalue weighted by Crippen LogP contribution is 2.42. The van der Waals surface area contributed by atoms with Crippen LogP contribution in [0.2, 0.25) is 4.34 Å². The van der Waals surface area contributed by atoms with Crippen molar-refractivity contribution < 1.29 is 4.79 Å². The number of hydrogen-bond donors (Lipinski definition) is 1. The monoisotopic (exact) mass is 398 g/mol. The smallest absolute Gasteiger partial charge is 0.254 e. The highest BCUT2D eigenvalue weighted by Gasteiger charge is 2.34. The molecule has 3 aromatic heterocycles. The summed E-state index contributed by atoms with van der Waals surface area (Å²) in [6.45, 7) is 0.716. The lowest BCUT2D eigenvalue weighted by Gasteiger charge is -2.35. The van der Waals surface area contributed by atoms with E-state index in [1.807, 2.05) is 47.5 Å². The quantitative estimate of drug-likeness (QED) is 0.459. The summed E-state index contributed by atoms with van der Waals surface area (Å²) in [5, 5.41) is 3.17. The molecule has 130 valence electrons. The lowest BCUT2D eigenvalue weighted by atomic mass is 9.99. The molecule has 1 aliphatic heterocycles. The molecule has 4 aromatic rings. The van der Waals surface area contributed by atoms with Gasteiger partial charge in [0, 0.05) is 39.0 Å². The van der Waals surface area contributed by atoms with Crippen LogP contribution in [-0.4, -0.2) is 22.3 Å². The fourth-order valence-corrected chi connectivity index (χ4v) is 5.98. The first-order valence-corrected chi connectivity index (χ1v) is 10.5. The second-order valence-electron chi connectivity index (χ2n) is 6.38. The Morgan fingerprint density at radius 1 is 1.19 bits per heavy atom. The topological polar surface area (TPSA) is 36.1 Å². The van der Waals surface area contributed by atoms with Gasteiger partial charge in [-0.25, -0.2) is 0 Å². The van der Waals surface area contributed by atoms with Crippen LogP contribution in [0, 0.1) is 0 Å². The third-order valence-electron chi connectivity index (χ3n) is 4.89. The minimum absolute atomic E-state index is 0.0503. The Labute approximate surface area is 163 Å². The molecule has 1 aliphatic rings. The van der Waals surface area contributed by atoms with Crippen LogP contribution in [0.3, 0.4) is 0 Å². The molecule has 0 saturated carbocycles. The van der Waals surface area contributed by atoms with Gasteiger partial charge < -0.3 is 9.88 Å². The van der Waals surface area contributed by atoms with Gasteiger partial charge in [-0.1, -0.05) is 11.6 Å². The van der Waals surface area contributed by atoms with Crippen LogP contribution in [-0.2, 0) is 6.42 Å². The molecule has 0 spiro atoms. The molecule has 1 amide bonds. The third-order valence-corrected chi connectivity index (χ3v) is 7.18. The first-order chi connectivity index (χ1) is 12.7. The molecular formula is C20H15ClN2OS2. The normalized spacial score (nSPS) is 16.8. The van der Waals surface area contributed by atoms with Crippen molar-refractivity contribution in [3.63, 3.8) is 0 Å². The minimum Gasteiger partial charge on any atom is -0.361 e. The van der Waals surface area contributed by atoms with Crippen molar-refractivity contribution in [3.05, 3.63) is 79.3 Å². The number of H-pyrrole nitrogens is 1. The zero-order chi connectivity index (χ0) is 17.7. The van der Waals surface area contributed by atoms with Crippen molar-refractivity contribution in [1.29, 1.82) is 0 Å². The van der Waals surface area contributed by atoms with Crippen molar-refractivity contribution in [2.45, 2.75) is 12.5 Å². The number of benzene rings is 1. The Kier molecular flexibility index (Phi) is 3.89. The first kappa shape index (κ1) is 16.1. The zero-order valence-electron chi connectivity index (χ0n) is 13.7. The summed E-state index contributed by atoms with van der Waals surface area (Å²) in [7, 11) is 0. The van der Waals surface area contributed by atoms with E-state index in [-0.39, 0.29) is 11.9 Å². The van der Waals surface area contributed by atoms with Crippen molar-refractivity contribution in [1.82, 2.24) is 9.88 Å². The average Bonchev–Trinajstić information content (AvgIpc) is 3.39. The maximum Gasteiger partial charge on any atom is 0.254 e. The zero-order valence-corrected chi connectivity index (χ0v) is 16.1. The number of halogens is 1. The highest BCUT2D eigenvalue weighted by molar-refractivity contribution is 7.16. The van der Waals surface area contributed by atoms with Gasteiger partial charge in [0.2, 0.25) is 0 Å². The van der Waals surface area contributed by atoms with Gasteiger partial charge in [-0.2, -0.15) is 0 Å². The summed E-state index contributed by atoms with van der Waals surface area (Å²) >= 11 is 9.47. The van der Waals surface area contributed by atoms with Gasteiger partial charge in [0.1, 0.15) is 6.04 Å². The van der Waals surface area contributed by atoms with Crippen LogP contribution in [0.5, 0.6) is 0 Å². The number of hydrogen-bond acceptors (Lipinski definition) is 3. The molecule has 1 aromatic carbocycles. The lowest BCUT2D eigenvalue weighted by molar-refractivity contribution is 0.0701. The SMILES string of the molecule is O=C(c1ccc2[nH]ccc2c1)N1CCc2ccsc2C1c1ccc(Cl)s1. The van der Waals surface area contributed by atoms with E-state index in [0.29, 0.717) is 6.54 Å². The Balaban J connectivity index is 1.58. The van der Waals surface area contributed by atoms with E-state index < -0.39 is 0 Å². The number of nitrogens with zero attached hydrogens (tertiary/aromatic N) is 1. The van der Waals surface area contributed by atoms with E-state index in [1.165, 1.54) is 10.4 Å². The number of rotatable bonds is 2. The first-order valence-electron chi connectivity index (χ1n) is 8.40. The van der Waals surface area contributed by atoms with E-state index in [4.69, 9.17) is 11.6 Å². The molecule has 5 rings (SSSR count). The summed E-state index contributed by atoms with van der Waals surface area (Å²) in [5.74, 6) is 0.0710. The Bertz CT molecular complexity index is 1110. The number of nitrogens with one attached hydrogen (secondary N) is 1. The summed E-state index contributed by atoms with van der Waals surface area (Å²) in [6, 6.07) is 13.9. The largest absolute Gasteiger partial charge is 0.361 e. The van der Waals surface area contributed by atoms with Crippen molar-refractivity contribution in [2.24, 2.45) is 0 Å². The molecular weight excluding hydrogens is 384 g/mol. The number of carbonyl (C=O) groups excluding carboxylic acids is 1. The summed E-state index contributed by atoms with van der Waals surface area (Å²) in [4.78, 5) is 20.9. The third kappa shape index (κ3) is 2.58. The predicted octanol–water partition coefficient (Wildman–Crippen LogP) is 5.73. The van der Waals surface area contributed by atoms with Crippen LogP contribution in [0.25, 0.3) is 10.9 Å². The van der Waals surface area contributed by atoms with Gasteiger partial charge in [0.15, 0.2) is 0 Å². The van der Waals surface area contributed by atoms with Gasteiger partial charge in [0.05, 0.1) is 4.34 Å². The fourth-order valence-electron chi connectivity index (χ4n) is 3.63. The van der Waals surface area contributed by atoms with Gasteiger partial charge in [-0.3, -0.25) is 4.79 Å². The predicted molar refractivity (Wildman–Crippen MR) is 109 cm³/mol. The van der Waals surface area contributed by atoms with Gasteiger partial charge in [-0.05, 0) is 59.8 Å². The average molecular weight is 399 g/mol. The number of carbonyl (C=O) groups is 1. The minimum atomic E-state index is -0.0503. The van der Waals surface area contributed by atoms with Gasteiger partial charge in [0.25, 0.3) is 5.91 Å². The van der Waals surface area contributed by atoms with Crippen LogP contribution in [0.15, 0.2) is 54.0 Å². The Hall–Kier alpha value is -2.08. The summed E-state index contributed by atoms with van der Waals surface area (Å²) < 4.78 is 0.754. The number of aromatic nitrogens is 1. The number of fused-ring (bicyclic) bond motifs is 2. The molecule has 0 fully saturated rings. The van der Waals surface area contributed by atoms with E-state index in [0.717, 1.165) is 32.1 Å². The van der Waals surface area contributed by atoms with E-state index in [9.17, 15) is 4.79 Å². The maximum atomic E-state index is 13.4. The molecule has 26 heavy (non-hydrogen) atoms. The van der Waals surface area contributed by atoms with E-state index >= 15 is 0 Å². The molecule has 1 unspecified atom stereocenters. The number of thiophene rings is 2. The molecule has 0 radical (unpaired) electrons. The molecule has 0 saturated heterocycles. The Morgan fingerprint density at radius 3 is 2.96 bits per heavy atom. The molecule has 0 bridgehead atoms. The fraction of sp³-hybridized carbons (Fsp3) is 0.150. The van der Waals surface area contributed by atoms with E-state index in [2.05, 4.69) is 16.4 Å². The Morgan fingerprint density at radius 2 is 2.12 bits per heavy atom. The van der Waals surface area contributed by atoms with Crippen LogP contribution >= 0.6 is 34.3 Å². The van der Waals surface area contributed by atoms with Gasteiger partial charge >= 0.3 is 0 Å². The maximum absolute atomic E-state index is 13.4. The summed E-state index contributed by atoms with van der Waals surface area (Å²) in [6.07, 6.45) is 2.79. The van der Waals surface area contributed by atoms with Crippen LogP contribution in [0.1, 0.15) is 31.7 Å². The molecule has 0 aliphatic carbocycles. The lowest BCUT2D eigenvalue weighted by Crippen LogP contribution is -2.39. The molecule has 3 nitrogen and oxygen atoms in total. The van der Waals surface area contributed by atoms with Crippen LogP contribution < -0.4 is 0 Å². The highest BCUT2D eigenvalue weighted by atomic mass is 35.5. The standard InChI is InChI=1S/C20H15ClN2OS2/c21-17-4-3-16(26-17)18-19-12(7-10-25-19)6-9-23(18)20(24)14-1-2-15-13(11-14)5-8-22-15/h1-5,7-8,10-11,18,22H,6,9H2. The van der Waals surface area contributed by atoms with Crippen LogP contribution in [0.4, 0.5) is 0 Å².